The van der Waals surface area contributed by atoms with Crippen LogP contribution < -0.4 is 10.6 Å². The number of thiazole rings is 1. The Morgan fingerprint density at radius 2 is 1.94 bits per heavy atom. The molecule has 0 bridgehead atoms. The zero-order chi connectivity index (χ0) is 22.4. The highest BCUT2D eigenvalue weighted by molar-refractivity contribution is 9.10. The summed E-state index contributed by atoms with van der Waals surface area (Å²) in [5.41, 5.74) is 0.882. The Morgan fingerprint density at radius 3 is 2.58 bits per heavy atom. The van der Waals surface area contributed by atoms with Crippen LogP contribution in [0.15, 0.2) is 64.2 Å². The van der Waals surface area contributed by atoms with Gasteiger partial charge >= 0.3 is 5.97 Å². The molecule has 0 aliphatic carbocycles. The van der Waals surface area contributed by atoms with E-state index in [-0.39, 0.29) is 29.5 Å². The van der Waals surface area contributed by atoms with Crippen molar-refractivity contribution in [3.63, 3.8) is 0 Å². The van der Waals surface area contributed by atoms with Gasteiger partial charge in [-0.15, -0.1) is 11.3 Å². The number of hydrogen-bond donors (Lipinski definition) is 4. The third-order valence-corrected chi connectivity index (χ3v) is 5.42. The van der Waals surface area contributed by atoms with Crippen LogP contribution in [0.2, 0.25) is 0 Å². The number of phenols is 1. The van der Waals surface area contributed by atoms with Crippen molar-refractivity contribution in [3.05, 3.63) is 85.9 Å². The van der Waals surface area contributed by atoms with E-state index in [0.29, 0.717) is 15.0 Å². The highest BCUT2D eigenvalue weighted by Gasteiger charge is 2.17. The fourth-order valence-corrected chi connectivity index (χ4v) is 3.69. The van der Waals surface area contributed by atoms with E-state index in [4.69, 9.17) is 0 Å². The van der Waals surface area contributed by atoms with Crippen LogP contribution in [0.25, 0.3) is 6.08 Å². The Hall–Kier alpha value is -3.50. The Morgan fingerprint density at radius 1 is 1.13 bits per heavy atom. The summed E-state index contributed by atoms with van der Waals surface area (Å²) in [6.07, 6.45) is 2.79. The van der Waals surface area contributed by atoms with Gasteiger partial charge in [0, 0.05) is 34.2 Å². The lowest BCUT2D eigenvalue weighted by Gasteiger charge is -2.10. The van der Waals surface area contributed by atoms with E-state index in [0.717, 1.165) is 5.56 Å². The Balaban J connectivity index is 1.69. The van der Waals surface area contributed by atoms with Gasteiger partial charge in [0.2, 0.25) is 0 Å². The van der Waals surface area contributed by atoms with Gasteiger partial charge in [0.25, 0.3) is 11.8 Å². The van der Waals surface area contributed by atoms with Gasteiger partial charge in [-0.3, -0.25) is 9.59 Å². The number of carboxylic acids is 1. The van der Waals surface area contributed by atoms with E-state index < -0.39 is 11.9 Å². The predicted octanol–water partition coefficient (Wildman–Crippen LogP) is 3.40. The van der Waals surface area contributed by atoms with Crippen molar-refractivity contribution in [2.75, 3.05) is 0 Å². The summed E-state index contributed by atoms with van der Waals surface area (Å²) in [7, 11) is 0. The van der Waals surface area contributed by atoms with Crippen LogP contribution in [-0.4, -0.2) is 33.0 Å². The first-order valence-electron chi connectivity index (χ1n) is 8.85. The van der Waals surface area contributed by atoms with Crippen molar-refractivity contribution >= 4 is 51.1 Å². The van der Waals surface area contributed by atoms with Crippen LogP contribution in [0.5, 0.6) is 5.75 Å². The van der Waals surface area contributed by atoms with Crippen LogP contribution in [0.3, 0.4) is 0 Å². The minimum absolute atomic E-state index is 0.106. The summed E-state index contributed by atoms with van der Waals surface area (Å²) in [6, 6.07) is 10.9. The number of phenolic OH excluding ortho intramolecular Hbond substituents is 1. The number of nitrogens with zero attached hydrogens (tertiary/aromatic N) is 1. The summed E-state index contributed by atoms with van der Waals surface area (Å²) < 4.78 is 0.328. The highest BCUT2D eigenvalue weighted by atomic mass is 79.9. The lowest BCUT2D eigenvalue weighted by molar-refractivity contribution is -0.132. The van der Waals surface area contributed by atoms with E-state index in [1.807, 2.05) is 0 Å². The molecule has 0 spiro atoms. The summed E-state index contributed by atoms with van der Waals surface area (Å²) >= 11 is 4.49. The number of carboxylic acid groups (broad SMARTS) is 1. The second-order valence-corrected chi connectivity index (χ2v) is 8.02. The van der Waals surface area contributed by atoms with Gasteiger partial charge in [0.05, 0.1) is 5.56 Å². The first-order valence-corrected chi connectivity index (χ1v) is 10.5. The van der Waals surface area contributed by atoms with Crippen LogP contribution in [0.1, 0.15) is 31.3 Å². The smallest absolute Gasteiger partial charge is 0.352 e. The molecule has 0 saturated carbocycles. The summed E-state index contributed by atoms with van der Waals surface area (Å²) in [5, 5.41) is 26.0. The second-order valence-electron chi connectivity index (χ2n) is 6.23. The quantitative estimate of drug-likeness (QED) is 0.367. The monoisotopic (exact) mass is 501 g/mol. The zero-order valence-electron chi connectivity index (χ0n) is 15.8. The van der Waals surface area contributed by atoms with Gasteiger partial charge in [-0.05, 0) is 51.8 Å². The van der Waals surface area contributed by atoms with Gasteiger partial charge < -0.3 is 20.8 Å². The molecule has 2 amide bonds. The molecule has 0 atom stereocenters. The molecule has 0 radical (unpaired) electrons. The first kappa shape index (κ1) is 22.2. The molecule has 0 aliphatic rings. The van der Waals surface area contributed by atoms with Crippen molar-refractivity contribution < 1.29 is 24.6 Å². The lowest BCUT2D eigenvalue weighted by Crippen LogP contribution is -2.28. The molecule has 1 aromatic heterocycles. The van der Waals surface area contributed by atoms with Crippen molar-refractivity contribution in [1.82, 2.24) is 15.6 Å². The normalized spacial score (nSPS) is 11.1. The number of halogens is 1. The third-order valence-electron chi connectivity index (χ3n) is 4.04. The van der Waals surface area contributed by atoms with Crippen LogP contribution in [0.4, 0.5) is 0 Å². The number of carbonyl (C=O) groups excluding carboxylic acids is 2. The maximum atomic E-state index is 12.5. The first-order chi connectivity index (χ1) is 14.8. The molecule has 1 heterocycles. The second kappa shape index (κ2) is 10.0. The number of carbonyl (C=O) groups is 3. The molecular formula is C21H16BrN3O5S. The maximum Gasteiger partial charge on any atom is 0.352 e. The number of aliphatic carboxylic acids is 1. The Labute approximate surface area is 189 Å². The number of amides is 2. The molecule has 3 rings (SSSR count). The van der Waals surface area contributed by atoms with Gasteiger partial charge in [0.1, 0.15) is 16.5 Å². The average Bonchev–Trinajstić information content (AvgIpc) is 3.24. The molecular weight excluding hydrogens is 486 g/mol. The number of rotatable bonds is 7. The molecule has 0 fully saturated rings. The standard InChI is InChI=1S/C21H16BrN3O5S/c22-16-9-13(19(27)24-11-12-2-1-3-14(26)8-12)4-5-15(16)20(28)25-17(21(29)30)10-18-23-6-7-31-18/h1-10,26H,11H2,(H,24,27)(H,25,28)(H,29,30)/b17-10+. The largest absolute Gasteiger partial charge is 0.508 e. The van der Waals surface area contributed by atoms with Crippen LogP contribution in [-0.2, 0) is 11.3 Å². The maximum absolute atomic E-state index is 12.5. The van der Waals surface area contributed by atoms with Crippen molar-refractivity contribution in [3.8, 4) is 5.75 Å². The fraction of sp³-hybridized carbons (Fsp3) is 0.0476. The van der Waals surface area contributed by atoms with E-state index in [1.165, 1.54) is 47.9 Å². The molecule has 31 heavy (non-hydrogen) atoms. The molecule has 10 heteroatoms. The molecule has 158 valence electrons. The van der Waals surface area contributed by atoms with E-state index in [9.17, 15) is 24.6 Å². The minimum atomic E-state index is -1.30. The Kier molecular flexibility index (Phi) is 7.16. The number of nitrogens with one attached hydrogen (secondary N) is 2. The van der Waals surface area contributed by atoms with Gasteiger partial charge in [0.15, 0.2) is 0 Å². The molecule has 0 aliphatic heterocycles. The molecule has 8 nitrogen and oxygen atoms in total. The molecule has 0 unspecified atom stereocenters. The van der Waals surface area contributed by atoms with Gasteiger partial charge in [-0.25, -0.2) is 9.78 Å². The Bertz CT molecular complexity index is 1160. The predicted molar refractivity (Wildman–Crippen MR) is 119 cm³/mol. The number of aromatic nitrogens is 1. The molecule has 3 aromatic rings. The van der Waals surface area contributed by atoms with Gasteiger partial charge in [-0.2, -0.15) is 0 Å². The van der Waals surface area contributed by atoms with Crippen molar-refractivity contribution in [2.24, 2.45) is 0 Å². The van der Waals surface area contributed by atoms with Crippen molar-refractivity contribution in [2.45, 2.75) is 6.54 Å². The summed E-state index contributed by atoms with van der Waals surface area (Å²) in [5.74, 6) is -2.22. The van der Waals surface area contributed by atoms with Crippen LogP contribution >= 0.6 is 27.3 Å². The SMILES string of the molecule is O=C(O)/C(=C\c1nccs1)NC(=O)c1ccc(C(=O)NCc2cccc(O)c2)cc1Br. The minimum Gasteiger partial charge on any atom is -0.508 e. The fourth-order valence-electron chi connectivity index (χ4n) is 2.56. The molecule has 4 N–H and O–H groups in total. The lowest BCUT2D eigenvalue weighted by atomic mass is 10.1. The average molecular weight is 502 g/mol. The topological polar surface area (TPSA) is 129 Å². The third kappa shape index (κ3) is 6.00. The van der Waals surface area contributed by atoms with Crippen molar-refractivity contribution in [1.29, 1.82) is 0 Å². The highest BCUT2D eigenvalue weighted by Crippen LogP contribution is 2.20. The number of aromatic hydroxyl groups is 1. The number of hydrogen-bond acceptors (Lipinski definition) is 6. The zero-order valence-corrected chi connectivity index (χ0v) is 18.2. The number of benzene rings is 2. The van der Waals surface area contributed by atoms with E-state index >= 15 is 0 Å². The molecule has 0 saturated heterocycles. The summed E-state index contributed by atoms with van der Waals surface area (Å²) in [6.45, 7) is 0.219. The van der Waals surface area contributed by atoms with Crippen LogP contribution in [0, 0.1) is 0 Å². The summed E-state index contributed by atoms with van der Waals surface area (Å²) in [4.78, 5) is 40.4. The van der Waals surface area contributed by atoms with E-state index in [2.05, 4.69) is 31.5 Å². The van der Waals surface area contributed by atoms with E-state index in [1.54, 1.807) is 23.6 Å². The van der Waals surface area contributed by atoms with Gasteiger partial charge in [-0.1, -0.05) is 12.1 Å². The molecule has 2 aromatic carbocycles.